The molecule has 1 fully saturated rings. The number of urea groups is 1. The second kappa shape index (κ2) is 3.81. The summed E-state index contributed by atoms with van der Waals surface area (Å²) in [6.45, 7) is 1.56. The van der Waals surface area contributed by atoms with Crippen molar-refractivity contribution in [2.45, 2.75) is 0 Å². The average molecular weight is 205 g/mol. The molecule has 80 valence electrons. The lowest BCUT2D eigenvalue weighted by molar-refractivity contribution is 0.229. The van der Waals surface area contributed by atoms with E-state index >= 15 is 0 Å². The van der Waals surface area contributed by atoms with Crippen LogP contribution in [0.5, 0.6) is 0 Å². The van der Waals surface area contributed by atoms with E-state index in [1.807, 2.05) is 38.4 Å². The number of hydrogen-bond acceptors (Lipinski definition) is 2. The van der Waals surface area contributed by atoms with Crippen molar-refractivity contribution in [3.63, 3.8) is 0 Å². The van der Waals surface area contributed by atoms with E-state index in [0.29, 0.717) is 0 Å². The summed E-state index contributed by atoms with van der Waals surface area (Å²) in [4.78, 5) is 15.3. The van der Waals surface area contributed by atoms with E-state index in [1.165, 1.54) is 0 Å². The molecule has 1 aliphatic heterocycles. The van der Waals surface area contributed by atoms with Crippen LogP contribution in [0.25, 0.3) is 0 Å². The fraction of sp³-hybridized carbons (Fsp3) is 0.364. The Hall–Kier alpha value is -1.71. The molecule has 4 heteroatoms. The highest BCUT2D eigenvalue weighted by atomic mass is 16.2. The van der Waals surface area contributed by atoms with E-state index in [-0.39, 0.29) is 6.03 Å². The first-order chi connectivity index (χ1) is 7.22. The van der Waals surface area contributed by atoms with Gasteiger partial charge in [-0.15, -0.1) is 0 Å². The van der Waals surface area contributed by atoms with Gasteiger partial charge in [-0.1, -0.05) is 6.07 Å². The van der Waals surface area contributed by atoms with Crippen LogP contribution in [-0.2, 0) is 0 Å². The van der Waals surface area contributed by atoms with Gasteiger partial charge in [0.1, 0.15) is 0 Å². The molecular formula is C11H15N3O. The molecule has 0 aromatic heterocycles. The first-order valence-electron chi connectivity index (χ1n) is 5.03. The molecule has 2 rings (SSSR count). The summed E-state index contributed by atoms with van der Waals surface area (Å²) in [5, 5.41) is 3.07. The van der Waals surface area contributed by atoms with Crippen molar-refractivity contribution >= 4 is 17.4 Å². The van der Waals surface area contributed by atoms with Crippen molar-refractivity contribution in [1.29, 1.82) is 0 Å². The van der Waals surface area contributed by atoms with Gasteiger partial charge in [0.15, 0.2) is 0 Å². The predicted molar refractivity (Wildman–Crippen MR) is 61.4 cm³/mol. The Bertz CT molecular complexity index is 378. The highest BCUT2D eigenvalue weighted by Crippen LogP contribution is 2.22. The van der Waals surface area contributed by atoms with Crippen LogP contribution in [0.1, 0.15) is 0 Å². The summed E-state index contributed by atoms with van der Waals surface area (Å²) in [5.74, 6) is 0. The average Bonchev–Trinajstić information content (AvgIpc) is 2.60. The van der Waals surface area contributed by atoms with E-state index in [2.05, 4.69) is 5.32 Å². The molecule has 1 saturated heterocycles. The van der Waals surface area contributed by atoms with E-state index < -0.39 is 0 Å². The molecule has 0 bridgehead atoms. The van der Waals surface area contributed by atoms with E-state index in [4.69, 9.17) is 0 Å². The summed E-state index contributed by atoms with van der Waals surface area (Å²) < 4.78 is 0. The monoisotopic (exact) mass is 205 g/mol. The number of hydrogen-bond donors (Lipinski definition) is 1. The molecule has 0 atom stereocenters. The quantitative estimate of drug-likeness (QED) is 0.796. The van der Waals surface area contributed by atoms with Gasteiger partial charge in [-0.2, -0.15) is 0 Å². The molecular weight excluding hydrogens is 190 g/mol. The third-order valence-corrected chi connectivity index (χ3v) is 2.66. The molecule has 0 spiro atoms. The molecule has 15 heavy (non-hydrogen) atoms. The normalized spacial score (nSPS) is 16.0. The maximum Gasteiger partial charge on any atom is 0.324 e. The molecule has 1 heterocycles. The highest BCUT2D eigenvalue weighted by molar-refractivity contribution is 5.94. The molecule has 1 aliphatic rings. The van der Waals surface area contributed by atoms with Crippen LogP contribution in [0.15, 0.2) is 24.3 Å². The Morgan fingerprint density at radius 3 is 2.73 bits per heavy atom. The van der Waals surface area contributed by atoms with Gasteiger partial charge in [0, 0.05) is 38.6 Å². The first-order valence-corrected chi connectivity index (χ1v) is 5.03. The standard InChI is InChI=1S/C11H15N3O/c1-12-9-4-3-5-10(8-9)14-7-6-13(2)11(14)15/h3-5,8,12H,6-7H2,1-2H3. The zero-order chi connectivity index (χ0) is 10.8. The second-order valence-corrected chi connectivity index (χ2v) is 3.66. The summed E-state index contributed by atoms with van der Waals surface area (Å²) in [6.07, 6.45) is 0. The fourth-order valence-electron chi connectivity index (χ4n) is 1.72. The zero-order valence-electron chi connectivity index (χ0n) is 9.03. The lowest BCUT2D eigenvalue weighted by atomic mass is 10.2. The molecule has 0 unspecified atom stereocenters. The fourth-order valence-corrected chi connectivity index (χ4v) is 1.72. The van der Waals surface area contributed by atoms with Crippen LogP contribution < -0.4 is 10.2 Å². The van der Waals surface area contributed by atoms with Crippen LogP contribution in [0.4, 0.5) is 16.2 Å². The van der Waals surface area contributed by atoms with Crippen molar-refractivity contribution in [2.24, 2.45) is 0 Å². The van der Waals surface area contributed by atoms with Crippen molar-refractivity contribution < 1.29 is 4.79 Å². The zero-order valence-corrected chi connectivity index (χ0v) is 9.03. The minimum Gasteiger partial charge on any atom is -0.388 e. The van der Waals surface area contributed by atoms with Gasteiger partial charge in [0.05, 0.1) is 0 Å². The Morgan fingerprint density at radius 2 is 2.13 bits per heavy atom. The van der Waals surface area contributed by atoms with Gasteiger partial charge in [-0.25, -0.2) is 4.79 Å². The predicted octanol–water partition coefficient (Wildman–Crippen LogP) is 1.60. The first kappa shape index (κ1) is 9.83. The van der Waals surface area contributed by atoms with Gasteiger partial charge in [0.25, 0.3) is 0 Å². The van der Waals surface area contributed by atoms with Crippen LogP contribution in [0.3, 0.4) is 0 Å². The Balaban J connectivity index is 2.26. The number of rotatable bonds is 2. The van der Waals surface area contributed by atoms with Crippen LogP contribution in [-0.4, -0.2) is 38.1 Å². The van der Waals surface area contributed by atoms with Crippen molar-refractivity contribution in [2.75, 3.05) is 37.4 Å². The lowest BCUT2D eigenvalue weighted by Gasteiger charge is -2.16. The maximum atomic E-state index is 11.7. The lowest BCUT2D eigenvalue weighted by Crippen LogP contribution is -2.29. The Labute approximate surface area is 89.5 Å². The number of nitrogens with zero attached hydrogens (tertiary/aromatic N) is 2. The Kier molecular flexibility index (Phi) is 2.49. The number of nitrogens with one attached hydrogen (secondary N) is 1. The molecule has 0 aliphatic carbocycles. The molecule has 0 saturated carbocycles. The van der Waals surface area contributed by atoms with Gasteiger partial charge >= 0.3 is 6.03 Å². The third kappa shape index (κ3) is 1.75. The number of carbonyl (C=O) groups excluding carboxylic acids is 1. The van der Waals surface area contributed by atoms with Gasteiger partial charge in [-0.3, -0.25) is 4.90 Å². The number of anilines is 2. The van der Waals surface area contributed by atoms with Gasteiger partial charge in [0.2, 0.25) is 0 Å². The summed E-state index contributed by atoms with van der Waals surface area (Å²) in [6, 6.07) is 7.94. The SMILES string of the molecule is CNc1cccc(N2CCN(C)C2=O)c1. The molecule has 1 aromatic rings. The van der Waals surface area contributed by atoms with Crippen molar-refractivity contribution in [3.05, 3.63) is 24.3 Å². The second-order valence-electron chi connectivity index (χ2n) is 3.66. The summed E-state index contributed by atoms with van der Waals surface area (Å²) in [5.41, 5.74) is 1.98. The van der Waals surface area contributed by atoms with Crippen molar-refractivity contribution in [1.82, 2.24) is 4.90 Å². The molecule has 2 amide bonds. The number of benzene rings is 1. The van der Waals surface area contributed by atoms with Crippen LogP contribution in [0, 0.1) is 0 Å². The third-order valence-electron chi connectivity index (χ3n) is 2.66. The number of amides is 2. The summed E-state index contributed by atoms with van der Waals surface area (Å²) in [7, 11) is 3.70. The van der Waals surface area contributed by atoms with E-state index in [9.17, 15) is 4.79 Å². The highest BCUT2D eigenvalue weighted by Gasteiger charge is 2.26. The molecule has 0 radical (unpaired) electrons. The maximum absolute atomic E-state index is 11.7. The summed E-state index contributed by atoms with van der Waals surface area (Å²) >= 11 is 0. The number of carbonyl (C=O) groups is 1. The molecule has 1 N–H and O–H groups in total. The smallest absolute Gasteiger partial charge is 0.324 e. The molecule has 1 aromatic carbocycles. The topological polar surface area (TPSA) is 35.6 Å². The van der Waals surface area contributed by atoms with E-state index in [1.54, 1.807) is 9.80 Å². The molecule has 4 nitrogen and oxygen atoms in total. The van der Waals surface area contributed by atoms with Gasteiger partial charge < -0.3 is 10.2 Å². The largest absolute Gasteiger partial charge is 0.388 e. The van der Waals surface area contributed by atoms with E-state index in [0.717, 1.165) is 24.5 Å². The van der Waals surface area contributed by atoms with Crippen LogP contribution >= 0.6 is 0 Å². The van der Waals surface area contributed by atoms with Gasteiger partial charge in [-0.05, 0) is 18.2 Å². The minimum absolute atomic E-state index is 0.0725. The minimum atomic E-state index is 0.0725. The number of likely N-dealkylation sites (N-methyl/N-ethyl adjacent to an activating group) is 1. The Morgan fingerprint density at radius 1 is 1.33 bits per heavy atom. The van der Waals surface area contributed by atoms with Crippen LogP contribution in [0.2, 0.25) is 0 Å². The van der Waals surface area contributed by atoms with Crippen molar-refractivity contribution in [3.8, 4) is 0 Å².